The molecule has 16 heavy (non-hydrogen) atoms. The third kappa shape index (κ3) is 3.19. The molecule has 1 rings (SSSR count). The fourth-order valence-electron chi connectivity index (χ4n) is 2.29. The molecular formula is C13H26O3. The smallest absolute Gasteiger partial charge is 0.160 e. The molecule has 1 aliphatic heterocycles. The Kier molecular flexibility index (Phi) is 5.73. The number of rotatable bonds is 5. The fourth-order valence-corrected chi connectivity index (χ4v) is 2.29. The first kappa shape index (κ1) is 13.9. The van der Waals surface area contributed by atoms with Gasteiger partial charge in [0.15, 0.2) is 6.29 Å². The molecule has 2 unspecified atom stereocenters. The lowest BCUT2D eigenvalue weighted by Crippen LogP contribution is -2.47. The minimum Gasteiger partial charge on any atom is -0.379 e. The van der Waals surface area contributed by atoms with E-state index in [9.17, 15) is 0 Å². The van der Waals surface area contributed by atoms with Crippen LogP contribution >= 0.6 is 0 Å². The average molecular weight is 230 g/mol. The van der Waals surface area contributed by atoms with Crippen molar-refractivity contribution in [3.8, 4) is 0 Å². The molecule has 0 amide bonds. The van der Waals surface area contributed by atoms with Gasteiger partial charge in [0.2, 0.25) is 0 Å². The Morgan fingerprint density at radius 3 is 2.31 bits per heavy atom. The van der Waals surface area contributed by atoms with Crippen molar-refractivity contribution in [3.63, 3.8) is 0 Å². The summed E-state index contributed by atoms with van der Waals surface area (Å²) in [4.78, 5) is 0. The monoisotopic (exact) mass is 230 g/mol. The van der Waals surface area contributed by atoms with Crippen molar-refractivity contribution in [1.29, 1.82) is 0 Å². The zero-order valence-corrected chi connectivity index (χ0v) is 11.2. The van der Waals surface area contributed by atoms with Gasteiger partial charge in [0.05, 0.1) is 12.7 Å². The highest BCUT2D eigenvalue weighted by molar-refractivity contribution is 4.82. The molecule has 0 bridgehead atoms. The molecule has 1 saturated heterocycles. The summed E-state index contributed by atoms with van der Waals surface area (Å²) in [5.41, 5.74) is 0. The fraction of sp³-hybridized carbons (Fsp3) is 1.00. The zero-order valence-electron chi connectivity index (χ0n) is 11.2. The molecule has 0 aliphatic carbocycles. The Morgan fingerprint density at radius 2 is 1.75 bits per heavy atom. The van der Waals surface area contributed by atoms with Gasteiger partial charge in [-0.15, -0.1) is 0 Å². The van der Waals surface area contributed by atoms with Crippen molar-refractivity contribution in [1.82, 2.24) is 0 Å². The van der Waals surface area contributed by atoms with Crippen molar-refractivity contribution in [2.75, 3.05) is 20.3 Å². The Hall–Kier alpha value is -0.120. The van der Waals surface area contributed by atoms with Crippen LogP contribution in [0, 0.1) is 17.8 Å². The Bertz CT molecular complexity index is 194. The lowest BCUT2D eigenvalue weighted by atomic mass is 9.79. The van der Waals surface area contributed by atoms with Crippen LogP contribution in [0.5, 0.6) is 0 Å². The maximum atomic E-state index is 5.93. The van der Waals surface area contributed by atoms with E-state index < -0.39 is 0 Å². The molecule has 1 heterocycles. The molecule has 0 radical (unpaired) electrons. The van der Waals surface area contributed by atoms with Crippen molar-refractivity contribution >= 4 is 0 Å². The molecule has 5 atom stereocenters. The van der Waals surface area contributed by atoms with Gasteiger partial charge in [-0.3, -0.25) is 0 Å². The van der Waals surface area contributed by atoms with Crippen molar-refractivity contribution in [2.45, 2.75) is 46.5 Å². The standard InChI is InChI=1S/C13H26O3/c1-6-7-15-8-12-10(3)9(2)11(4)13(14-5)16-12/h9-13H,6-8H2,1-5H3/t9-,10+,11?,12?,13+/m0/s1. The summed E-state index contributed by atoms with van der Waals surface area (Å²) in [5.74, 6) is 1.58. The predicted molar refractivity (Wildman–Crippen MR) is 64.3 cm³/mol. The second-order valence-electron chi connectivity index (χ2n) is 4.93. The maximum absolute atomic E-state index is 5.93. The van der Waals surface area contributed by atoms with E-state index in [-0.39, 0.29) is 12.4 Å². The molecule has 3 heteroatoms. The van der Waals surface area contributed by atoms with E-state index in [2.05, 4.69) is 27.7 Å². The number of methoxy groups -OCH3 is 1. The first-order valence-corrected chi connectivity index (χ1v) is 6.37. The average Bonchev–Trinajstić information content (AvgIpc) is 2.29. The van der Waals surface area contributed by atoms with Crippen molar-refractivity contribution < 1.29 is 14.2 Å². The molecule has 3 nitrogen and oxygen atoms in total. The lowest BCUT2D eigenvalue weighted by Gasteiger charge is -2.42. The number of ether oxygens (including phenoxy) is 3. The summed E-state index contributed by atoms with van der Waals surface area (Å²) in [6, 6.07) is 0. The molecule has 1 aliphatic rings. The van der Waals surface area contributed by atoms with Gasteiger partial charge < -0.3 is 14.2 Å². The molecule has 0 aromatic carbocycles. The van der Waals surface area contributed by atoms with Crippen LogP contribution in [0.1, 0.15) is 34.1 Å². The normalized spacial score (nSPS) is 39.9. The molecule has 96 valence electrons. The van der Waals surface area contributed by atoms with Gasteiger partial charge >= 0.3 is 0 Å². The van der Waals surface area contributed by atoms with E-state index in [1.54, 1.807) is 7.11 Å². The summed E-state index contributed by atoms with van der Waals surface area (Å²) in [7, 11) is 1.72. The summed E-state index contributed by atoms with van der Waals surface area (Å²) in [6.45, 7) is 10.3. The summed E-state index contributed by atoms with van der Waals surface area (Å²) < 4.78 is 16.9. The highest BCUT2D eigenvalue weighted by atomic mass is 16.7. The molecule has 1 fully saturated rings. The molecule has 0 aromatic heterocycles. The minimum absolute atomic E-state index is 0.0820. The van der Waals surface area contributed by atoms with Gasteiger partial charge in [0.1, 0.15) is 0 Å². The zero-order chi connectivity index (χ0) is 12.1. The van der Waals surface area contributed by atoms with Gasteiger partial charge in [-0.2, -0.15) is 0 Å². The van der Waals surface area contributed by atoms with E-state index in [1.807, 2.05) is 0 Å². The molecule has 0 spiro atoms. The maximum Gasteiger partial charge on any atom is 0.160 e. The van der Waals surface area contributed by atoms with E-state index in [1.165, 1.54) is 0 Å². The Labute approximate surface area is 99.5 Å². The first-order valence-electron chi connectivity index (χ1n) is 6.37. The highest BCUT2D eigenvalue weighted by Gasteiger charge is 2.39. The van der Waals surface area contributed by atoms with Crippen LogP contribution in [0.2, 0.25) is 0 Å². The Morgan fingerprint density at radius 1 is 1.06 bits per heavy atom. The van der Waals surface area contributed by atoms with Crippen LogP contribution in [-0.4, -0.2) is 32.7 Å². The second-order valence-corrected chi connectivity index (χ2v) is 4.93. The third-order valence-corrected chi connectivity index (χ3v) is 3.85. The summed E-state index contributed by atoms with van der Waals surface area (Å²) in [6.07, 6.45) is 1.14. The van der Waals surface area contributed by atoms with Crippen molar-refractivity contribution in [3.05, 3.63) is 0 Å². The summed E-state index contributed by atoms with van der Waals surface area (Å²) >= 11 is 0. The topological polar surface area (TPSA) is 27.7 Å². The summed E-state index contributed by atoms with van der Waals surface area (Å²) in [5, 5.41) is 0. The third-order valence-electron chi connectivity index (χ3n) is 3.85. The molecule has 0 saturated carbocycles. The largest absolute Gasteiger partial charge is 0.379 e. The van der Waals surface area contributed by atoms with Crippen LogP contribution < -0.4 is 0 Å². The Balaban J connectivity index is 2.50. The van der Waals surface area contributed by atoms with E-state index in [0.717, 1.165) is 13.0 Å². The highest BCUT2D eigenvalue weighted by Crippen LogP contribution is 2.35. The number of hydrogen-bond donors (Lipinski definition) is 0. The van der Waals surface area contributed by atoms with Crippen molar-refractivity contribution in [2.24, 2.45) is 17.8 Å². The van der Waals surface area contributed by atoms with Crippen LogP contribution in [0.3, 0.4) is 0 Å². The van der Waals surface area contributed by atoms with Gasteiger partial charge in [0, 0.05) is 19.6 Å². The van der Waals surface area contributed by atoms with E-state index in [0.29, 0.717) is 24.4 Å². The van der Waals surface area contributed by atoms with Crippen LogP contribution in [0.25, 0.3) is 0 Å². The minimum atomic E-state index is -0.0820. The molecule has 0 N–H and O–H groups in total. The van der Waals surface area contributed by atoms with Crippen LogP contribution in [-0.2, 0) is 14.2 Å². The van der Waals surface area contributed by atoms with Gasteiger partial charge in [-0.05, 0) is 18.3 Å². The van der Waals surface area contributed by atoms with Crippen LogP contribution in [0.15, 0.2) is 0 Å². The molecule has 0 aromatic rings. The van der Waals surface area contributed by atoms with E-state index >= 15 is 0 Å². The first-order chi connectivity index (χ1) is 7.61. The van der Waals surface area contributed by atoms with Gasteiger partial charge in [0.25, 0.3) is 0 Å². The quantitative estimate of drug-likeness (QED) is 0.680. The van der Waals surface area contributed by atoms with Gasteiger partial charge in [-0.1, -0.05) is 27.7 Å². The SMILES string of the molecule is CCCOCC1O[C@@H](OC)C(C)[C@@H](C)[C@H]1C. The second kappa shape index (κ2) is 6.58. The molecular weight excluding hydrogens is 204 g/mol. The van der Waals surface area contributed by atoms with Crippen LogP contribution in [0.4, 0.5) is 0 Å². The predicted octanol–water partition coefficient (Wildman–Crippen LogP) is 2.69. The van der Waals surface area contributed by atoms with E-state index in [4.69, 9.17) is 14.2 Å². The lowest BCUT2D eigenvalue weighted by molar-refractivity contribution is -0.247. The van der Waals surface area contributed by atoms with Gasteiger partial charge in [-0.25, -0.2) is 0 Å². The number of hydrogen-bond acceptors (Lipinski definition) is 3.